The summed E-state index contributed by atoms with van der Waals surface area (Å²) in [6.45, 7) is 4.08. The summed E-state index contributed by atoms with van der Waals surface area (Å²) in [6, 6.07) is 0. The van der Waals surface area contributed by atoms with Gasteiger partial charge >= 0.3 is 0 Å². The number of thiocarbonyl (C=S) groups is 1. The molecule has 1 aliphatic rings. The van der Waals surface area contributed by atoms with Crippen LogP contribution < -0.4 is 10.6 Å². The highest BCUT2D eigenvalue weighted by molar-refractivity contribution is 7.80. The number of nitrogens with two attached hydrogens (primary N) is 1. The lowest BCUT2D eigenvalue weighted by atomic mass is 10.3. The van der Waals surface area contributed by atoms with Gasteiger partial charge in [-0.2, -0.15) is 0 Å². The maximum atomic E-state index is 5.47. The Morgan fingerprint density at radius 1 is 1.25 bits per heavy atom. The summed E-state index contributed by atoms with van der Waals surface area (Å²) < 4.78 is 0. The van der Waals surface area contributed by atoms with Crippen LogP contribution in [0.25, 0.3) is 0 Å². The Morgan fingerprint density at radius 3 is 2.44 bits per heavy atom. The van der Waals surface area contributed by atoms with E-state index in [-0.39, 0.29) is 4.99 Å². The highest BCUT2D eigenvalue weighted by atomic mass is 32.1. The van der Waals surface area contributed by atoms with Gasteiger partial charge in [-0.15, -0.1) is 0 Å². The molecule has 1 aliphatic heterocycles. The van der Waals surface area contributed by atoms with Crippen LogP contribution in [-0.4, -0.2) is 53.1 Å². The third-order valence-corrected chi connectivity index (χ3v) is 2.93. The lowest BCUT2D eigenvalue weighted by Gasteiger charge is -2.32. The summed E-state index contributed by atoms with van der Waals surface area (Å²) in [5.74, 6) is 0.896. The molecule has 1 aromatic rings. The number of hydrogen-bond donors (Lipinski definition) is 1. The van der Waals surface area contributed by atoms with Gasteiger partial charge in [0.2, 0.25) is 0 Å². The van der Waals surface area contributed by atoms with Crippen molar-refractivity contribution in [1.29, 1.82) is 0 Å². The van der Waals surface area contributed by atoms with E-state index in [1.165, 1.54) is 0 Å². The Bertz CT molecular complexity index is 369. The average molecular weight is 237 g/mol. The predicted molar refractivity (Wildman–Crippen MR) is 67.6 cm³/mol. The van der Waals surface area contributed by atoms with E-state index < -0.39 is 0 Å². The molecule has 0 saturated carbocycles. The van der Waals surface area contributed by atoms with Crippen molar-refractivity contribution >= 4 is 23.0 Å². The first kappa shape index (κ1) is 11.2. The van der Waals surface area contributed by atoms with E-state index in [1.54, 1.807) is 12.4 Å². The molecular formula is C10H15N5S. The number of piperazine rings is 1. The molecule has 16 heavy (non-hydrogen) atoms. The summed E-state index contributed by atoms with van der Waals surface area (Å²) in [5.41, 5.74) is 6.05. The van der Waals surface area contributed by atoms with Crippen LogP contribution in [0.1, 0.15) is 5.69 Å². The van der Waals surface area contributed by atoms with E-state index in [0.29, 0.717) is 5.69 Å². The van der Waals surface area contributed by atoms with Crippen LogP contribution in [0.2, 0.25) is 0 Å². The second-order valence-corrected chi connectivity index (χ2v) is 4.35. The molecule has 5 nitrogen and oxygen atoms in total. The van der Waals surface area contributed by atoms with E-state index in [1.807, 2.05) is 0 Å². The molecule has 0 bridgehead atoms. The van der Waals surface area contributed by atoms with E-state index in [4.69, 9.17) is 18.0 Å². The van der Waals surface area contributed by atoms with Crippen LogP contribution in [0.5, 0.6) is 0 Å². The number of nitrogens with zero attached hydrogens (tertiary/aromatic N) is 4. The minimum atomic E-state index is 0.289. The van der Waals surface area contributed by atoms with E-state index in [2.05, 4.69) is 26.8 Å². The van der Waals surface area contributed by atoms with Gasteiger partial charge in [-0.3, -0.25) is 0 Å². The summed E-state index contributed by atoms with van der Waals surface area (Å²) >= 11 is 4.83. The number of aromatic nitrogens is 2. The first-order valence-electron chi connectivity index (χ1n) is 5.22. The molecule has 2 heterocycles. The molecule has 1 fully saturated rings. The predicted octanol–water partition coefficient (Wildman–Crippen LogP) is -0.137. The van der Waals surface area contributed by atoms with Crippen LogP contribution in [0.3, 0.4) is 0 Å². The van der Waals surface area contributed by atoms with Crippen molar-refractivity contribution in [3.05, 3.63) is 18.1 Å². The third-order valence-electron chi connectivity index (χ3n) is 2.72. The molecule has 1 saturated heterocycles. The summed E-state index contributed by atoms with van der Waals surface area (Å²) in [4.78, 5) is 13.3. The molecule has 86 valence electrons. The number of likely N-dealkylation sites (N-methyl/N-ethyl adjacent to an activating group) is 1. The maximum Gasteiger partial charge on any atom is 0.147 e. The Morgan fingerprint density at radius 2 is 1.94 bits per heavy atom. The van der Waals surface area contributed by atoms with Gasteiger partial charge in [-0.1, -0.05) is 12.2 Å². The largest absolute Gasteiger partial charge is 0.388 e. The van der Waals surface area contributed by atoms with Crippen molar-refractivity contribution in [2.75, 3.05) is 38.1 Å². The fourth-order valence-electron chi connectivity index (χ4n) is 1.65. The van der Waals surface area contributed by atoms with Crippen molar-refractivity contribution in [3.63, 3.8) is 0 Å². The Hall–Kier alpha value is -1.27. The van der Waals surface area contributed by atoms with Crippen LogP contribution in [-0.2, 0) is 0 Å². The van der Waals surface area contributed by atoms with Gasteiger partial charge in [0.25, 0.3) is 0 Å². The second kappa shape index (κ2) is 4.71. The standard InChI is InChI=1S/C10H15N5S/c1-14-2-4-15(5-3-14)9-7-12-8(6-13-9)10(11)16/h6-7H,2-5H2,1H3,(H2,11,16). The highest BCUT2D eigenvalue weighted by Gasteiger charge is 2.15. The molecule has 2 rings (SSSR count). The zero-order valence-corrected chi connectivity index (χ0v) is 10.1. The van der Waals surface area contributed by atoms with Crippen LogP contribution in [0.15, 0.2) is 12.4 Å². The third kappa shape index (κ3) is 2.45. The zero-order valence-electron chi connectivity index (χ0n) is 9.26. The van der Waals surface area contributed by atoms with E-state index in [0.717, 1.165) is 32.0 Å². The zero-order chi connectivity index (χ0) is 11.5. The smallest absolute Gasteiger partial charge is 0.147 e. The fourth-order valence-corrected chi connectivity index (χ4v) is 1.75. The van der Waals surface area contributed by atoms with E-state index in [9.17, 15) is 0 Å². The Labute approximate surface area is 100 Å². The molecule has 1 aromatic heterocycles. The highest BCUT2D eigenvalue weighted by Crippen LogP contribution is 2.11. The number of hydrogen-bond acceptors (Lipinski definition) is 5. The van der Waals surface area contributed by atoms with Gasteiger partial charge in [0.1, 0.15) is 16.5 Å². The molecule has 0 atom stereocenters. The second-order valence-electron chi connectivity index (χ2n) is 3.91. The molecule has 0 unspecified atom stereocenters. The molecule has 0 aliphatic carbocycles. The maximum absolute atomic E-state index is 5.47. The monoisotopic (exact) mass is 237 g/mol. The van der Waals surface area contributed by atoms with Crippen molar-refractivity contribution in [1.82, 2.24) is 14.9 Å². The van der Waals surface area contributed by atoms with Crippen molar-refractivity contribution in [3.8, 4) is 0 Å². The van der Waals surface area contributed by atoms with Gasteiger partial charge in [0, 0.05) is 26.2 Å². The van der Waals surface area contributed by atoms with Gasteiger partial charge in [-0.05, 0) is 7.05 Å². The molecule has 0 aromatic carbocycles. The van der Waals surface area contributed by atoms with Crippen molar-refractivity contribution < 1.29 is 0 Å². The Kier molecular flexibility index (Phi) is 3.31. The van der Waals surface area contributed by atoms with Gasteiger partial charge < -0.3 is 15.5 Å². The lowest BCUT2D eigenvalue weighted by molar-refractivity contribution is 0.312. The molecule has 0 spiro atoms. The normalized spacial score (nSPS) is 17.4. The first-order chi connectivity index (χ1) is 7.66. The molecular weight excluding hydrogens is 222 g/mol. The summed E-state index contributed by atoms with van der Waals surface area (Å²) in [6.07, 6.45) is 3.37. The fraction of sp³-hybridized carbons (Fsp3) is 0.500. The quantitative estimate of drug-likeness (QED) is 0.723. The lowest BCUT2D eigenvalue weighted by Crippen LogP contribution is -2.44. The first-order valence-corrected chi connectivity index (χ1v) is 5.63. The summed E-state index contributed by atoms with van der Waals surface area (Å²) in [7, 11) is 2.12. The van der Waals surface area contributed by atoms with Crippen LogP contribution >= 0.6 is 12.2 Å². The number of anilines is 1. The molecule has 6 heteroatoms. The topological polar surface area (TPSA) is 58.3 Å². The summed E-state index contributed by atoms with van der Waals surface area (Å²) in [5, 5.41) is 0. The van der Waals surface area contributed by atoms with Crippen LogP contribution in [0, 0.1) is 0 Å². The van der Waals surface area contributed by atoms with Gasteiger partial charge in [0.05, 0.1) is 12.4 Å². The van der Waals surface area contributed by atoms with Gasteiger partial charge in [-0.25, -0.2) is 9.97 Å². The SMILES string of the molecule is CN1CCN(c2cnc(C(N)=S)cn2)CC1. The molecule has 2 N–H and O–H groups in total. The number of rotatable bonds is 2. The van der Waals surface area contributed by atoms with Gasteiger partial charge in [0.15, 0.2) is 0 Å². The minimum absolute atomic E-state index is 0.289. The van der Waals surface area contributed by atoms with Crippen LogP contribution in [0.4, 0.5) is 5.82 Å². The van der Waals surface area contributed by atoms with Crippen molar-refractivity contribution in [2.45, 2.75) is 0 Å². The Balaban J connectivity index is 2.07. The molecule has 0 amide bonds. The molecule has 0 radical (unpaired) electrons. The van der Waals surface area contributed by atoms with Crippen molar-refractivity contribution in [2.24, 2.45) is 5.73 Å². The van der Waals surface area contributed by atoms with E-state index >= 15 is 0 Å². The minimum Gasteiger partial charge on any atom is -0.388 e. The average Bonchev–Trinajstić information content (AvgIpc) is 2.30.